The molecular weight excluding hydrogens is 225 g/mol. The van der Waals surface area contributed by atoms with Crippen LogP contribution >= 0.6 is 0 Å². The van der Waals surface area contributed by atoms with Crippen LogP contribution in [-0.4, -0.2) is 23.0 Å². The molecule has 0 saturated carbocycles. The molecule has 0 aliphatic carbocycles. The van der Waals surface area contributed by atoms with E-state index in [1.165, 1.54) is 12.1 Å². The van der Waals surface area contributed by atoms with E-state index in [-0.39, 0.29) is 12.0 Å². The number of hydrogen-bond donors (Lipinski definition) is 2. The predicted octanol–water partition coefficient (Wildman–Crippen LogP) is 1.73. The number of nitrogens with one attached hydrogen (secondary N) is 1. The van der Waals surface area contributed by atoms with Crippen molar-refractivity contribution in [2.45, 2.75) is 26.3 Å². The summed E-state index contributed by atoms with van der Waals surface area (Å²) in [5.74, 6) is -2.50. The van der Waals surface area contributed by atoms with Crippen LogP contribution < -0.4 is 5.32 Å². The molecule has 4 nitrogen and oxygen atoms in total. The lowest BCUT2D eigenvalue weighted by Gasteiger charge is -2.12. The lowest BCUT2D eigenvalue weighted by atomic mass is 10.1. The number of hydrogen-bond acceptors (Lipinski definition) is 2. The molecule has 0 fully saturated rings. The number of carbonyl (C=O) groups excluding carboxylic acids is 1. The van der Waals surface area contributed by atoms with E-state index in [4.69, 9.17) is 5.11 Å². The zero-order chi connectivity index (χ0) is 13.0. The van der Waals surface area contributed by atoms with Crippen molar-refractivity contribution >= 4 is 11.9 Å². The minimum Gasteiger partial charge on any atom is -0.480 e. The molecule has 1 aromatic carbocycles. The topological polar surface area (TPSA) is 66.4 Å². The summed E-state index contributed by atoms with van der Waals surface area (Å²) in [6.07, 6.45) is 0.245. The van der Waals surface area contributed by atoms with Crippen molar-refractivity contribution in [2.75, 3.05) is 0 Å². The van der Waals surface area contributed by atoms with Crippen LogP contribution in [-0.2, 0) is 4.79 Å². The number of benzene rings is 1. The van der Waals surface area contributed by atoms with Gasteiger partial charge in [0.05, 0.1) is 5.56 Å². The highest BCUT2D eigenvalue weighted by atomic mass is 19.1. The molecule has 1 aromatic rings. The molecule has 92 valence electrons. The van der Waals surface area contributed by atoms with E-state index in [1.807, 2.05) is 0 Å². The number of halogens is 1. The van der Waals surface area contributed by atoms with Crippen LogP contribution in [0.1, 0.15) is 29.3 Å². The first kappa shape index (κ1) is 13.2. The summed E-state index contributed by atoms with van der Waals surface area (Å²) in [6, 6.07) is 3.12. The molecule has 17 heavy (non-hydrogen) atoms. The summed E-state index contributed by atoms with van der Waals surface area (Å²) in [5, 5.41) is 11.1. The highest BCUT2D eigenvalue weighted by molar-refractivity contribution is 5.96. The predicted molar refractivity (Wildman–Crippen MR) is 60.3 cm³/mol. The Bertz CT molecular complexity index is 445. The van der Waals surface area contributed by atoms with Gasteiger partial charge in [0.25, 0.3) is 5.91 Å². The van der Waals surface area contributed by atoms with Crippen LogP contribution in [0.25, 0.3) is 0 Å². The zero-order valence-corrected chi connectivity index (χ0v) is 9.66. The van der Waals surface area contributed by atoms with Crippen molar-refractivity contribution in [3.05, 3.63) is 35.1 Å². The lowest BCUT2D eigenvalue weighted by molar-refractivity contribution is -0.139. The van der Waals surface area contributed by atoms with Crippen LogP contribution in [0.2, 0.25) is 0 Å². The first-order valence-electron chi connectivity index (χ1n) is 5.25. The molecule has 0 aliphatic heterocycles. The second-order valence-electron chi connectivity index (χ2n) is 3.76. The molecule has 0 aromatic heterocycles. The molecule has 0 bridgehead atoms. The van der Waals surface area contributed by atoms with Gasteiger partial charge in [0.15, 0.2) is 0 Å². The van der Waals surface area contributed by atoms with Crippen LogP contribution in [0.3, 0.4) is 0 Å². The molecule has 0 radical (unpaired) electrons. The van der Waals surface area contributed by atoms with Gasteiger partial charge in [-0.1, -0.05) is 18.6 Å². The molecule has 0 saturated heterocycles. The van der Waals surface area contributed by atoms with Crippen LogP contribution in [0.5, 0.6) is 0 Å². The number of carbonyl (C=O) groups is 2. The Balaban J connectivity index is 2.89. The largest absolute Gasteiger partial charge is 0.480 e. The van der Waals surface area contributed by atoms with Gasteiger partial charge in [0, 0.05) is 0 Å². The molecule has 0 heterocycles. The standard InChI is InChI=1S/C12H14FNO3/c1-3-10(12(16)17)14-11(15)8-6-7(2)4-5-9(8)13/h4-6,10H,3H2,1-2H3,(H,14,15)(H,16,17)/t10-/m1/s1. The Hall–Kier alpha value is -1.91. The Labute approximate surface area is 98.5 Å². The summed E-state index contributed by atoms with van der Waals surface area (Å²) >= 11 is 0. The average molecular weight is 239 g/mol. The number of aliphatic carboxylic acids is 1. The van der Waals surface area contributed by atoms with Crippen LogP contribution in [0.15, 0.2) is 18.2 Å². The molecule has 1 rings (SSSR count). The monoisotopic (exact) mass is 239 g/mol. The van der Waals surface area contributed by atoms with E-state index < -0.39 is 23.7 Å². The van der Waals surface area contributed by atoms with Gasteiger partial charge in [-0.2, -0.15) is 0 Å². The highest BCUT2D eigenvalue weighted by Gasteiger charge is 2.20. The van der Waals surface area contributed by atoms with Crippen molar-refractivity contribution in [1.29, 1.82) is 0 Å². The van der Waals surface area contributed by atoms with Crippen molar-refractivity contribution in [2.24, 2.45) is 0 Å². The fourth-order valence-corrected chi connectivity index (χ4v) is 1.39. The van der Waals surface area contributed by atoms with Gasteiger partial charge in [-0.25, -0.2) is 9.18 Å². The zero-order valence-electron chi connectivity index (χ0n) is 9.66. The van der Waals surface area contributed by atoms with E-state index in [1.54, 1.807) is 19.9 Å². The first-order chi connectivity index (χ1) is 7.95. The minimum atomic E-state index is -1.13. The lowest BCUT2D eigenvalue weighted by Crippen LogP contribution is -2.40. The third-order valence-corrected chi connectivity index (χ3v) is 2.38. The molecule has 5 heteroatoms. The Morgan fingerprint density at radius 3 is 2.65 bits per heavy atom. The molecule has 0 spiro atoms. The number of carboxylic acid groups (broad SMARTS) is 1. The summed E-state index contributed by atoms with van der Waals surface area (Å²) in [7, 11) is 0. The van der Waals surface area contributed by atoms with Gasteiger partial charge in [-0.15, -0.1) is 0 Å². The maximum Gasteiger partial charge on any atom is 0.326 e. The van der Waals surface area contributed by atoms with Gasteiger partial charge in [-0.05, 0) is 25.5 Å². The van der Waals surface area contributed by atoms with E-state index in [0.717, 1.165) is 5.56 Å². The Morgan fingerprint density at radius 1 is 1.47 bits per heavy atom. The van der Waals surface area contributed by atoms with Crippen LogP contribution in [0.4, 0.5) is 4.39 Å². The van der Waals surface area contributed by atoms with Crippen molar-refractivity contribution in [3.8, 4) is 0 Å². The third-order valence-electron chi connectivity index (χ3n) is 2.38. The van der Waals surface area contributed by atoms with E-state index in [9.17, 15) is 14.0 Å². The quantitative estimate of drug-likeness (QED) is 0.840. The first-order valence-corrected chi connectivity index (χ1v) is 5.25. The maximum atomic E-state index is 13.4. The van der Waals surface area contributed by atoms with Crippen molar-refractivity contribution in [1.82, 2.24) is 5.32 Å². The van der Waals surface area contributed by atoms with Crippen molar-refractivity contribution < 1.29 is 19.1 Å². The second-order valence-corrected chi connectivity index (χ2v) is 3.76. The third kappa shape index (κ3) is 3.27. The Morgan fingerprint density at radius 2 is 2.12 bits per heavy atom. The van der Waals surface area contributed by atoms with Gasteiger partial charge in [-0.3, -0.25) is 4.79 Å². The van der Waals surface area contributed by atoms with E-state index >= 15 is 0 Å². The summed E-state index contributed by atoms with van der Waals surface area (Å²) in [5.41, 5.74) is 0.602. The summed E-state index contributed by atoms with van der Waals surface area (Å²) in [4.78, 5) is 22.4. The van der Waals surface area contributed by atoms with Gasteiger partial charge in [0.2, 0.25) is 0 Å². The number of rotatable bonds is 4. The Kier molecular flexibility index (Phi) is 4.20. The summed E-state index contributed by atoms with van der Waals surface area (Å²) in [6.45, 7) is 3.36. The van der Waals surface area contributed by atoms with E-state index in [2.05, 4.69) is 5.32 Å². The normalized spacial score (nSPS) is 11.9. The van der Waals surface area contributed by atoms with Crippen LogP contribution in [0, 0.1) is 12.7 Å². The van der Waals surface area contributed by atoms with Gasteiger partial charge < -0.3 is 10.4 Å². The molecule has 0 aliphatic rings. The molecule has 1 amide bonds. The molecule has 2 N–H and O–H groups in total. The molecular formula is C12H14FNO3. The number of carboxylic acids is 1. The SMILES string of the molecule is CC[C@@H](NC(=O)c1cc(C)ccc1F)C(=O)O. The highest BCUT2D eigenvalue weighted by Crippen LogP contribution is 2.10. The van der Waals surface area contributed by atoms with Crippen molar-refractivity contribution in [3.63, 3.8) is 0 Å². The minimum absolute atomic E-state index is 0.135. The fourth-order valence-electron chi connectivity index (χ4n) is 1.39. The maximum absolute atomic E-state index is 13.4. The van der Waals surface area contributed by atoms with Gasteiger partial charge in [0.1, 0.15) is 11.9 Å². The smallest absolute Gasteiger partial charge is 0.326 e. The number of aryl methyl sites for hydroxylation is 1. The van der Waals surface area contributed by atoms with Gasteiger partial charge >= 0.3 is 5.97 Å². The number of amides is 1. The summed E-state index contributed by atoms with van der Waals surface area (Å²) < 4.78 is 13.4. The average Bonchev–Trinajstić information content (AvgIpc) is 2.28. The molecule has 1 atom stereocenters. The van der Waals surface area contributed by atoms with E-state index in [0.29, 0.717) is 0 Å². The fraction of sp³-hybridized carbons (Fsp3) is 0.333. The second kappa shape index (κ2) is 5.43. The molecule has 0 unspecified atom stereocenters.